The maximum absolute atomic E-state index is 12.6. The van der Waals surface area contributed by atoms with Gasteiger partial charge >= 0.3 is 0 Å². The third kappa shape index (κ3) is 7.33. The van der Waals surface area contributed by atoms with Crippen molar-refractivity contribution in [1.82, 2.24) is 20.2 Å². The number of thioether (sulfide) groups is 1. The smallest absolute Gasteiger partial charge is 0.230 e. The van der Waals surface area contributed by atoms with Crippen LogP contribution in [0.3, 0.4) is 0 Å². The number of amides is 1. The van der Waals surface area contributed by atoms with Gasteiger partial charge in [-0.25, -0.2) is 9.97 Å². The molecule has 8 heteroatoms. The van der Waals surface area contributed by atoms with Crippen LogP contribution in [0.1, 0.15) is 50.5 Å². The van der Waals surface area contributed by atoms with E-state index in [9.17, 15) is 4.79 Å². The van der Waals surface area contributed by atoms with Crippen LogP contribution in [-0.4, -0.2) is 58.7 Å². The highest BCUT2D eigenvalue weighted by molar-refractivity contribution is 7.99. The number of rotatable bonds is 8. The first-order valence-corrected chi connectivity index (χ1v) is 13.4. The van der Waals surface area contributed by atoms with Crippen LogP contribution in [0.2, 0.25) is 5.15 Å². The van der Waals surface area contributed by atoms with Gasteiger partial charge in [0.05, 0.1) is 5.75 Å². The van der Waals surface area contributed by atoms with Crippen LogP contribution in [0, 0.1) is 0 Å². The van der Waals surface area contributed by atoms with Crippen LogP contribution >= 0.6 is 23.4 Å². The van der Waals surface area contributed by atoms with Crippen molar-refractivity contribution in [2.45, 2.75) is 68.7 Å². The van der Waals surface area contributed by atoms with Crippen molar-refractivity contribution in [2.24, 2.45) is 0 Å². The summed E-state index contributed by atoms with van der Waals surface area (Å²) in [7, 11) is 2.08. The summed E-state index contributed by atoms with van der Waals surface area (Å²) in [4.78, 5) is 26.3. The summed E-state index contributed by atoms with van der Waals surface area (Å²) >= 11 is 7.64. The summed E-state index contributed by atoms with van der Waals surface area (Å²) < 4.78 is 0. The molecule has 2 heterocycles. The van der Waals surface area contributed by atoms with Gasteiger partial charge in [-0.3, -0.25) is 9.69 Å². The number of anilines is 1. The molecule has 0 spiro atoms. The maximum Gasteiger partial charge on any atom is 0.230 e. The van der Waals surface area contributed by atoms with Gasteiger partial charge in [0.15, 0.2) is 5.16 Å². The van der Waals surface area contributed by atoms with E-state index in [0.717, 1.165) is 38.3 Å². The molecule has 1 saturated heterocycles. The number of carbonyl (C=O) groups is 1. The fraction of sp³-hybridized carbons (Fsp3) is 0.560. The van der Waals surface area contributed by atoms with Gasteiger partial charge in [0.2, 0.25) is 5.91 Å². The van der Waals surface area contributed by atoms with E-state index in [2.05, 4.69) is 56.4 Å². The number of halogens is 1. The predicted octanol–water partition coefficient (Wildman–Crippen LogP) is 4.77. The van der Waals surface area contributed by atoms with E-state index >= 15 is 0 Å². The normalized spacial score (nSPS) is 18.2. The number of hydrogen-bond acceptors (Lipinski definition) is 6. The molecule has 1 N–H and O–H groups in total. The second-order valence-electron chi connectivity index (χ2n) is 9.13. The van der Waals surface area contributed by atoms with Crippen molar-refractivity contribution in [3.63, 3.8) is 0 Å². The van der Waals surface area contributed by atoms with E-state index in [1.54, 1.807) is 0 Å². The van der Waals surface area contributed by atoms with E-state index < -0.39 is 0 Å². The maximum atomic E-state index is 12.6. The molecule has 1 amide bonds. The molecule has 4 rings (SSSR count). The monoisotopic (exact) mass is 487 g/mol. The molecular weight excluding hydrogens is 454 g/mol. The summed E-state index contributed by atoms with van der Waals surface area (Å²) in [5, 5.41) is 4.18. The number of carbonyl (C=O) groups excluding carboxylic acids is 1. The zero-order chi connectivity index (χ0) is 23.0. The molecule has 2 aromatic rings. The highest BCUT2D eigenvalue weighted by Crippen LogP contribution is 2.28. The third-order valence-electron chi connectivity index (χ3n) is 6.68. The zero-order valence-corrected chi connectivity index (χ0v) is 21.0. The molecule has 178 valence electrons. The second kappa shape index (κ2) is 12.0. The lowest BCUT2D eigenvalue weighted by atomic mass is 9.94. The van der Waals surface area contributed by atoms with Crippen molar-refractivity contribution in [3.8, 4) is 0 Å². The zero-order valence-electron chi connectivity index (χ0n) is 19.4. The highest BCUT2D eigenvalue weighted by atomic mass is 35.5. The Kier molecular flexibility index (Phi) is 8.87. The van der Waals surface area contributed by atoms with Gasteiger partial charge in [-0.1, -0.05) is 73.0 Å². The molecule has 2 aliphatic rings. The summed E-state index contributed by atoms with van der Waals surface area (Å²) in [6.45, 7) is 2.98. The Bertz CT molecular complexity index is 901. The number of benzene rings is 1. The molecular formula is C25H34ClN5OS. The van der Waals surface area contributed by atoms with Crippen LogP contribution in [0.5, 0.6) is 0 Å². The standard InChI is InChI=1S/C25H34ClN5OS/c1-30(21-10-6-3-7-11-21)23-16-22(26)28-25(29-23)33-18-24(32)27-20-12-14-31(15-13-20)17-19-8-4-2-5-9-19/h2,4-5,8-9,16,20-21H,3,6-7,10-15,17-18H2,1H3,(H,27,32). The first kappa shape index (κ1) is 24.3. The molecule has 2 fully saturated rings. The van der Waals surface area contributed by atoms with Crippen LogP contribution in [-0.2, 0) is 11.3 Å². The van der Waals surface area contributed by atoms with Gasteiger partial charge in [0, 0.05) is 44.8 Å². The summed E-state index contributed by atoms with van der Waals surface area (Å²) in [6.07, 6.45) is 8.18. The van der Waals surface area contributed by atoms with E-state index in [1.165, 1.54) is 49.4 Å². The first-order valence-electron chi connectivity index (χ1n) is 12.0. The number of nitrogens with one attached hydrogen (secondary N) is 1. The number of likely N-dealkylation sites (tertiary alicyclic amines) is 1. The largest absolute Gasteiger partial charge is 0.357 e. The van der Waals surface area contributed by atoms with Gasteiger partial charge in [-0.05, 0) is 31.2 Å². The van der Waals surface area contributed by atoms with Crippen molar-refractivity contribution in [1.29, 1.82) is 0 Å². The minimum Gasteiger partial charge on any atom is -0.357 e. The molecule has 0 atom stereocenters. The molecule has 1 aliphatic carbocycles. The SMILES string of the molecule is CN(c1cc(Cl)nc(SCC(=O)NC2CCN(Cc3ccccc3)CC2)n1)C1CCCCC1. The molecule has 1 aliphatic heterocycles. The van der Waals surface area contributed by atoms with E-state index in [-0.39, 0.29) is 11.9 Å². The van der Waals surface area contributed by atoms with Crippen molar-refractivity contribution in [2.75, 3.05) is 30.8 Å². The van der Waals surface area contributed by atoms with Crippen LogP contribution < -0.4 is 10.2 Å². The average Bonchev–Trinajstić information content (AvgIpc) is 2.84. The summed E-state index contributed by atoms with van der Waals surface area (Å²) in [5.74, 6) is 1.18. The topological polar surface area (TPSA) is 61.4 Å². The number of piperidine rings is 1. The van der Waals surface area contributed by atoms with Gasteiger partial charge in [0.1, 0.15) is 11.0 Å². The molecule has 0 bridgehead atoms. The third-order valence-corrected chi connectivity index (χ3v) is 7.72. The van der Waals surface area contributed by atoms with E-state index in [4.69, 9.17) is 11.6 Å². The van der Waals surface area contributed by atoms with Crippen LogP contribution in [0.25, 0.3) is 0 Å². The lowest BCUT2D eigenvalue weighted by molar-refractivity contribution is -0.119. The number of nitrogens with zero attached hydrogens (tertiary/aromatic N) is 4. The Balaban J connectivity index is 1.22. The van der Waals surface area contributed by atoms with E-state index in [1.807, 2.05) is 12.1 Å². The highest BCUT2D eigenvalue weighted by Gasteiger charge is 2.22. The Hall–Kier alpha value is -1.83. The predicted molar refractivity (Wildman–Crippen MR) is 136 cm³/mol. The van der Waals surface area contributed by atoms with E-state index in [0.29, 0.717) is 22.1 Å². The summed E-state index contributed by atoms with van der Waals surface area (Å²) in [6, 6.07) is 13.1. The van der Waals surface area contributed by atoms with Gasteiger partial charge in [0.25, 0.3) is 0 Å². The Morgan fingerprint density at radius 1 is 1.12 bits per heavy atom. The Labute approximate surface area is 206 Å². The molecule has 1 aromatic heterocycles. The Morgan fingerprint density at radius 3 is 2.58 bits per heavy atom. The van der Waals surface area contributed by atoms with Gasteiger partial charge in [-0.2, -0.15) is 0 Å². The number of hydrogen-bond donors (Lipinski definition) is 1. The van der Waals surface area contributed by atoms with Crippen LogP contribution in [0.15, 0.2) is 41.6 Å². The molecule has 1 saturated carbocycles. The van der Waals surface area contributed by atoms with Gasteiger partial charge < -0.3 is 10.2 Å². The fourth-order valence-corrected chi connectivity index (χ4v) is 5.65. The Morgan fingerprint density at radius 2 is 1.85 bits per heavy atom. The molecule has 0 radical (unpaired) electrons. The molecule has 0 unspecified atom stereocenters. The fourth-order valence-electron chi connectivity index (χ4n) is 4.76. The van der Waals surface area contributed by atoms with Gasteiger partial charge in [-0.15, -0.1) is 0 Å². The van der Waals surface area contributed by atoms with Crippen molar-refractivity contribution in [3.05, 3.63) is 47.1 Å². The van der Waals surface area contributed by atoms with Crippen molar-refractivity contribution >= 4 is 35.1 Å². The molecule has 6 nitrogen and oxygen atoms in total. The molecule has 33 heavy (non-hydrogen) atoms. The van der Waals surface area contributed by atoms with Crippen LogP contribution in [0.4, 0.5) is 5.82 Å². The lowest BCUT2D eigenvalue weighted by Gasteiger charge is -2.32. The summed E-state index contributed by atoms with van der Waals surface area (Å²) in [5.41, 5.74) is 1.34. The van der Waals surface area contributed by atoms with Crippen molar-refractivity contribution < 1.29 is 4.79 Å². The first-order chi connectivity index (χ1) is 16.1. The second-order valence-corrected chi connectivity index (χ2v) is 10.5. The minimum atomic E-state index is 0.0345. The average molecular weight is 488 g/mol. The number of aromatic nitrogens is 2. The lowest BCUT2D eigenvalue weighted by Crippen LogP contribution is -2.44. The quantitative estimate of drug-likeness (QED) is 0.328. The minimum absolute atomic E-state index is 0.0345. The molecule has 1 aromatic carbocycles.